The monoisotopic (exact) mass is 746 g/mol. The Morgan fingerprint density at radius 1 is 0.577 bits per heavy atom. The second-order valence-electron chi connectivity index (χ2n) is 15.6. The molecule has 10 nitrogen and oxygen atoms in total. The highest BCUT2D eigenvalue weighted by atomic mass is 16.7. The maximum atomic E-state index is 13.0. The maximum Gasteiger partial charge on any atom is 0.249 e. The van der Waals surface area contributed by atoms with Gasteiger partial charge in [0.1, 0.15) is 30.5 Å². The van der Waals surface area contributed by atoms with Crippen LogP contribution in [-0.2, 0) is 14.3 Å². The van der Waals surface area contributed by atoms with E-state index in [0.29, 0.717) is 12.8 Å². The molecule has 8 atom stereocenters. The summed E-state index contributed by atoms with van der Waals surface area (Å²) in [6.45, 7) is 3.66. The Morgan fingerprint density at radius 3 is 1.37 bits per heavy atom. The number of aliphatic hydroxyl groups is 6. The molecule has 0 aliphatic carbocycles. The summed E-state index contributed by atoms with van der Waals surface area (Å²) in [5.74, 6) is -0.582. The van der Waals surface area contributed by atoms with Crippen molar-refractivity contribution in [2.45, 2.75) is 249 Å². The summed E-state index contributed by atoms with van der Waals surface area (Å²) >= 11 is 0. The van der Waals surface area contributed by atoms with Crippen LogP contribution in [-0.4, -0.2) is 98.7 Å². The smallest absolute Gasteiger partial charge is 0.249 e. The van der Waals surface area contributed by atoms with E-state index in [1.54, 1.807) is 0 Å². The summed E-state index contributed by atoms with van der Waals surface area (Å²) < 4.78 is 11.2. The van der Waals surface area contributed by atoms with Gasteiger partial charge in [0.2, 0.25) is 5.91 Å². The number of hydrogen-bond acceptors (Lipinski definition) is 9. The lowest BCUT2D eigenvalue weighted by atomic mass is 9.99. The van der Waals surface area contributed by atoms with Crippen molar-refractivity contribution in [1.82, 2.24) is 5.32 Å². The molecule has 0 spiro atoms. The number of carbonyl (C=O) groups excluding carboxylic acids is 1. The molecule has 1 rings (SSSR count). The van der Waals surface area contributed by atoms with E-state index >= 15 is 0 Å². The molecule has 0 unspecified atom stereocenters. The highest BCUT2D eigenvalue weighted by molar-refractivity contribution is 5.80. The van der Waals surface area contributed by atoms with Crippen LogP contribution in [0.15, 0.2) is 0 Å². The lowest BCUT2D eigenvalue weighted by Crippen LogP contribution is -2.60. The first-order valence-electron chi connectivity index (χ1n) is 21.8. The van der Waals surface area contributed by atoms with Gasteiger partial charge < -0.3 is 45.4 Å². The molecule has 0 aromatic heterocycles. The van der Waals surface area contributed by atoms with Crippen molar-refractivity contribution in [3.63, 3.8) is 0 Å². The predicted molar refractivity (Wildman–Crippen MR) is 209 cm³/mol. The fraction of sp³-hybridized carbons (Fsp3) is 0.976. The van der Waals surface area contributed by atoms with Crippen molar-refractivity contribution in [3.05, 3.63) is 0 Å². The second-order valence-corrected chi connectivity index (χ2v) is 15.6. The van der Waals surface area contributed by atoms with E-state index in [1.807, 2.05) is 0 Å². The fourth-order valence-corrected chi connectivity index (χ4v) is 7.17. The summed E-state index contributed by atoms with van der Waals surface area (Å²) in [6.07, 6.45) is 24.3. The molecule has 0 aromatic carbocycles. The summed E-state index contributed by atoms with van der Waals surface area (Å²) in [6, 6.07) is -0.886. The molecule has 10 heteroatoms. The Hall–Kier alpha value is -0.850. The average molecular weight is 746 g/mol. The third-order valence-electron chi connectivity index (χ3n) is 10.8. The summed E-state index contributed by atoms with van der Waals surface area (Å²) in [5.41, 5.74) is 0. The Kier molecular flexibility index (Phi) is 31.7. The first-order valence-corrected chi connectivity index (χ1v) is 21.8. The second kappa shape index (κ2) is 33.5. The van der Waals surface area contributed by atoms with Crippen LogP contribution in [0.4, 0.5) is 0 Å². The van der Waals surface area contributed by atoms with Crippen LogP contribution >= 0.6 is 0 Å². The van der Waals surface area contributed by atoms with E-state index in [9.17, 15) is 35.4 Å². The number of nitrogens with one attached hydrogen (secondary N) is 1. The highest BCUT2D eigenvalue weighted by Gasteiger charge is 2.44. The Balaban J connectivity index is 2.42. The van der Waals surface area contributed by atoms with Crippen LogP contribution in [0.2, 0.25) is 0 Å². The number of unbranched alkanes of at least 4 members (excludes halogenated alkanes) is 25. The molecule has 0 saturated carbocycles. The van der Waals surface area contributed by atoms with Gasteiger partial charge in [-0.25, -0.2) is 0 Å². The van der Waals surface area contributed by atoms with Crippen LogP contribution in [0.3, 0.4) is 0 Å². The van der Waals surface area contributed by atoms with Gasteiger partial charge in [-0.15, -0.1) is 0 Å². The van der Waals surface area contributed by atoms with Crippen LogP contribution in [0.5, 0.6) is 0 Å². The molecule has 0 bridgehead atoms. The lowest BCUT2D eigenvalue weighted by molar-refractivity contribution is -0.302. The van der Waals surface area contributed by atoms with Gasteiger partial charge in [-0.1, -0.05) is 187 Å². The van der Waals surface area contributed by atoms with Gasteiger partial charge in [0.25, 0.3) is 0 Å². The third kappa shape index (κ3) is 23.8. The van der Waals surface area contributed by atoms with Gasteiger partial charge in [0, 0.05) is 0 Å². The molecular formula is C42H83NO9. The third-order valence-corrected chi connectivity index (χ3v) is 10.8. The van der Waals surface area contributed by atoms with Gasteiger partial charge >= 0.3 is 0 Å². The fourth-order valence-electron chi connectivity index (χ4n) is 7.17. The first kappa shape index (κ1) is 49.2. The zero-order chi connectivity index (χ0) is 38.2. The molecule has 1 saturated heterocycles. The molecule has 1 fully saturated rings. The minimum absolute atomic E-state index is 0.250. The normalized spacial score (nSPS) is 22.3. The molecule has 1 aliphatic heterocycles. The van der Waals surface area contributed by atoms with E-state index in [1.165, 1.54) is 128 Å². The van der Waals surface area contributed by atoms with E-state index < -0.39 is 61.5 Å². The molecule has 310 valence electrons. The number of ether oxygens (including phenoxy) is 2. The van der Waals surface area contributed by atoms with Gasteiger partial charge in [-0.2, -0.15) is 0 Å². The van der Waals surface area contributed by atoms with E-state index in [4.69, 9.17) is 9.47 Å². The highest BCUT2D eigenvalue weighted by Crippen LogP contribution is 2.23. The van der Waals surface area contributed by atoms with Gasteiger partial charge in [0.05, 0.1) is 25.4 Å². The van der Waals surface area contributed by atoms with E-state index in [2.05, 4.69) is 19.2 Å². The summed E-state index contributed by atoms with van der Waals surface area (Å²) in [7, 11) is 0. The van der Waals surface area contributed by atoms with Gasteiger partial charge in [0.15, 0.2) is 6.29 Å². The van der Waals surface area contributed by atoms with Crippen molar-refractivity contribution in [2.24, 2.45) is 0 Å². The van der Waals surface area contributed by atoms with Crippen molar-refractivity contribution in [2.75, 3.05) is 13.2 Å². The quantitative estimate of drug-likeness (QED) is 0.0324. The van der Waals surface area contributed by atoms with Gasteiger partial charge in [-0.05, 0) is 12.8 Å². The average Bonchev–Trinajstić information content (AvgIpc) is 3.14. The molecule has 0 aromatic rings. The molecular weight excluding hydrogens is 662 g/mol. The van der Waals surface area contributed by atoms with Crippen LogP contribution in [0.1, 0.15) is 200 Å². The topological polar surface area (TPSA) is 169 Å². The standard InChI is InChI=1S/C42H83NO9/c1-3-5-7-9-11-13-15-17-19-21-23-25-27-29-31-36(46)41(50)43-34(33-51-42-40(49)39(48)38(47)37(32-44)52-42)35(45)30-28-26-24-22-20-18-16-14-12-10-8-6-4-2/h34-40,42,44-49H,3-33H2,1-2H3,(H,43,50)/t34-,35+,36-,37+,38-,39-,40+,42+/m0/s1. The van der Waals surface area contributed by atoms with Crippen LogP contribution < -0.4 is 5.32 Å². The molecule has 1 heterocycles. The van der Waals surface area contributed by atoms with Crippen LogP contribution in [0, 0.1) is 0 Å². The van der Waals surface area contributed by atoms with Crippen molar-refractivity contribution >= 4 is 5.91 Å². The molecule has 1 amide bonds. The van der Waals surface area contributed by atoms with E-state index in [-0.39, 0.29) is 6.61 Å². The molecule has 0 radical (unpaired) electrons. The Bertz CT molecular complexity index is 803. The zero-order valence-electron chi connectivity index (χ0n) is 33.4. The van der Waals surface area contributed by atoms with Crippen molar-refractivity contribution in [1.29, 1.82) is 0 Å². The van der Waals surface area contributed by atoms with Crippen molar-refractivity contribution < 1.29 is 44.9 Å². The van der Waals surface area contributed by atoms with Crippen molar-refractivity contribution in [3.8, 4) is 0 Å². The minimum atomic E-state index is -1.59. The number of amides is 1. The molecule has 1 aliphatic rings. The molecule has 52 heavy (non-hydrogen) atoms. The summed E-state index contributed by atoms with van der Waals surface area (Å²) in [5, 5.41) is 64.7. The van der Waals surface area contributed by atoms with Gasteiger partial charge in [-0.3, -0.25) is 4.79 Å². The lowest BCUT2D eigenvalue weighted by Gasteiger charge is -2.40. The minimum Gasteiger partial charge on any atom is -0.394 e. The number of aliphatic hydroxyl groups excluding tert-OH is 6. The molecule has 7 N–H and O–H groups in total. The number of rotatable bonds is 36. The Morgan fingerprint density at radius 2 is 0.962 bits per heavy atom. The van der Waals surface area contributed by atoms with E-state index in [0.717, 1.165) is 44.9 Å². The Labute approximate surface area is 317 Å². The number of hydrogen-bond donors (Lipinski definition) is 7. The predicted octanol–water partition coefficient (Wildman–Crippen LogP) is 7.36. The first-order chi connectivity index (χ1) is 25.3. The zero-order valence-corrected chi connectivity index (χ0v) is 33.4. The largest absolute Gasteiger partial charge is 0.394 e. The SMILES string of the molecule is CCCCCCCCCCCCCCCC[C@H](O)C(=O)N[C@@H](CO[C@@H]1O[C@H](CO)[C@H](O)[C@H](O)[C@H]1O)[C@H](O)CCCCCCCCCCCCCCC. The van der Waals surface area contributed by atoms with Crippen LogP contribution in [0.25, 0.3) is 0 Å². The summed E-state index contributed by atoms with van der Waals surface area (Å²) in [4.78, 5) is 13.0. The number of carbonyl (C=O) groups is 1. The maximum absolute atomic E-state index is 13.0.